The van der Waals surface area contributed by atoms with Gasteiger partial charge in [-0.05, 0) is 43.5 Å². The van der Waals surface area contributed by atoms with Gasteiger partial charge in [0, 0.05) is 50.7 Å². The summed E-state index contributed by atoms with van der Waals surface area (Å²) in [5.41, 5.74) is 8.67. The van der Waals surface area contributed by atoms with Gasteiger partial charge in [-0.25, -0.2) is 0 Å². The Bertz CT molecular complexity index is 434. The summed E-state index contributed by atoms with van der Waals surface area (Å²) in [5.74, 6) is 0. The molecule has 104 valence electrons. The fraction of sp³-hybridized carbons (Fsp3) is 0.667. The van der Waals surface area contributed by atoms with E-state index in [9.17, 15) is 0 Å². The van der Waals surface area contributed by atoms with Crippen LogP contribution in [0.5, 0.6) is 0 Å². The summed E-state index contributed by atoms with van der Waals surface area (Å²) < 4.78 is 0. The van der Waals surface area contributed by atoms with Crippen LogP contribution in [-0.2, 0) is 0 Å². The first-order chi connectivity index (χ1) is 9.29. The zero-order valence-corrected chi connectivity index (χ0v) is 11.8. The largest absolute Gasteiger partial charge is 0.329 e. The van der Waals surface area contributed by atoms with E-state index in [0.717, 1.165) is 19.1 Å². The predicted molar refractivity (Wildman–Crippen MR) is 76.9 cm³/mol. The van der Waals surface area contributed by atoms with Crippen molar-refractivity contribution >= 4 is 0 Å². The van der Waals surface area contributed by atoms with Gasteiger partial charge in [0.05, 0.1) is 0 Å². The van der Waals surface area contributed by atoms with Crippen molar-refractivity contribution in [3.63, 3.8) is 0 Å². The van der Waals surface area contributed by atoms with Crippen molar-refractivity contribution in [3.8, 4) is 0 Å². The molecule has 4 nitrogen and oxygen atoms in total. The quantitative estimate of drug-likeness (QED) is 0.886. The highest BCUT2D eigenvalue weighted by Crippen LogP contribution is 2.28. The zero-order valence-electron chi connectivity index (χ0n) is 11.8. The zero-order chi connectivity index (χ0) is 13.2. The lowest BCUT2D eigenvalue weighted by Crippen LogP contribution is -2.52. The van der Waals surface area contributed by atoms with Crippen molar-refractivity contribution in [1.29, 1.82) is 0 Å². The topological polar surface area (TPSA) is 45.4 Å². The summed E-state index contributed by atoms with van der Waals surface area (Å²) in [6, 6.07) is 3.17. The molecule has 2 fully saturated rings. The average molecular weight is 260 g/mol. The number of rotatable bonds is 3. The van der Waals surface area contributed by atoms with E-state index in [-0.39, 0.29) is 0 Å². The smallest absolute Gasteiger partial charge is 0.0489 e. The van der Waals surface area contributed by atoms with Gasteiger partial charge in [-0.1, -0.05) is 0 Å². The van der Waals surface area contributed by atoms with Crippen molar-refractivity contribution in [2.24, 2.45) is 5.73 Å². The highest BCUT2D eigenvalue weighted by molar-refractivity contribution is 5.25. The van der Waals surface area contributed by atoms with Gasteiger partial charge < -0.3 is 5.73 Å². The molecule has 0 aromatic carbocycles. The van der Waals surface area contributed by atoms with Crippen molar-refractivity contribution < 1.29 is 0 Å². The van der Waals surface area contributed by atoms with Crippen LogP contribution in [0.3, 0.4) is 0 Å². The Morgan fingerprint density at radius 1 is 1.42 bits per heavy atom. The lowest BCUT2D eigenvalue weighted by molar-refractivity contribution is 0.0734. The normalized spacial score (nSPS) is 26.3. The Balaban J connectivity index is 1.77. The number of piperazine rings is 1. The number of hydrogen-bond donors (Lipinski definition) is 1. The van der Waals surface area contributed by atoms with E-state index in [1.165, 1.54) is 37.1 Å². The van der Waals surface area contributed by atoms with Gasteiger partial charge in [-0.2, -0.15) is 0 Å². The highest BCUT2D eigenvalue weighted by Gasteiger charge is 2.33. The Hall–Kier alpha value is -0.970. The molecule has 0 aliphatic carbocycles. The van der Waals surface area contributed by atoms with E-state index in [1.807, 2.05) is 12.4 Å². The van der Waals surface area contributed by atoms with Gasteiger partial charge in [0.15, 0.2) is 0 Å². The maximum Gasteiger partial charge on any atom is 0.0489 e. The van der Waals surface area contributed by atoms with Crippen molar-refractivity contribution in [2.75, 3.05) is 32.7 Å². The van der Waals surface area contributed by atoms with E-state index in [4.69, 9.17) is 5.73 Å². The van der Waals surface area contributed by atoms with E-state index in [1.54, 1.807) is 0 Å². The highest BCUT2D eigenvalue weighted by atomic mass is 15.3. The minimum atomic E-state index is 0.330. The number of fused-ring (bicyclic) bond motifs is 1. The molecule has 19 heavy (non-hydrogen) atoms. The number of nitrogens with two attached hydrogens (primary N) is 1. The van der Waals surface area contributed by atoms with Gasteiger partial charge in [0.2, 0.25) is 0 Å². The summed E-state index contributed by atoms with van der Waals surface area (Å²) in [6.45, 7) is 7.62. The van der Waals surface area contributed by atoms with Crippen LogP contribution in [0.1, 0.15) is 30.0 Å². The molecule has 3 rings (SSSR count). The summed E-state index contributed by atoms with van der Waals surface area (Å²) in [6.07, 6.45) is 6.56. The molecule has 2 atom stereocenters. The van der Waals surface area contributed by atoms with E-state index < -0.39 is 0 Å². The standard InChI is InChI=1S/C15H24N4/c1-12-4-5-17-10-14(12)15(9-16)19-8-7-18-6-2-3-13(18)11-19/h4-5,10,13,15H,2-3,6-9,11,16H2,1H3. The van der Waals surface area contributed by atoms with Gasteiger partial charge in [0.1, 0.15) is 0 Å². The summed E-state index contributed by atoms with van der Waals surface area (Å²) in [7, 11) is 0. The first-order valence-corrected chi connectivity index (χ1v) is 7.38. The van der Waals surface area contributed by atoms with Crippen LogP contribution < -0.4 is 5.73 Å². The molecule has 2 N–H and O–H groups in total. The Morgan fingerprint density at radius 2 is 2.32 bits per heavy atom. The van der Waals surface area contributed by atoms with Gasteiger partial charge in [-0.3, -0.25) is 14.8 Å². The third-order valence-electron chi connectivity index (χ3n) is 4.72. The average Bonchev–Trinajstić information content (AvgIpc) is 2.89. The van der Waals surface area contributed by atoms with E-state index >= 15 is 0 Å². The van der Waals surface area contributed by atoms with Crippen LogP contribution >= 0.6 is 0 Å². The second-order valence-corrected chi connectivity index (χ2v) is 5.81. The first-order valence-electron chi connectivity index (χ1n) is 7.38. The molecule has 0 amide bonds. The SMILES string of the molecule is Cc1ccncc1C(CN)N1CCN2CCCC2C1. The molecule has 1 aromatic rings. The molecule has 4 heteroatoms. The second kappa shape index (κ2) is 5.57. The molecule has 0 radical (unpaired) electrons. The lowest BCUT2D eigenvalue weighted by Gasteiger charge is -2.41. The molecule has 2 unspecified atom stereocenters. The van der Waals surface area contributed by atoms with Crippen molar-refractivity contribution in [1.82, 2.24) is 14.8 Å². The summed E-state index contributed by atoms with van der Waals surface area (Å²) in [4.78, 5) is 9.49. The fourth-order valence-corrected chi connectivity index (χ4v) is 3.60. The maximum absolute atomic E-state index is 6.06. The molecule has 2 aliphatic rings. The second-order valence-electron chi connectivity index (χ2n) is 5.81. The lowest BCUT2D eigenvalue weighted by atomic mass is 10.0. The van der Waals surface area contributed by atoms with E-state index in [0.29, 0.717) is 12.6 Å². The summed E-state index contributed by atoms with van der Waals surface area (Å²) in [5, 5.41) is 0. The molecule has 0 saturated carbocycles. The van der Waals surface area contributed by atoms with Crippen molar-refractivity contribution in [2.45, 2.75) is 31.8 Å². The van der Waals surface area contributed by atoms with Crippen LogP contribution in [0.15, 0.2) is 18.5 Å². The Kier molecular flexibility index (Phi) is 3.82. The minimum Gasteiger partial charge on any atom is -0.329 e. The number of nitrogens with zero attached hydrogens (tertiary/aromatic N) is 3. The number of aromatic nitrogens is 1. The fourth-order valence-electron chi connectivity index (χ4n) is 3.60. The van der Waals surface area contributed by atoms with Gasteiger partial charge in [0.25, 0.3) is 0 Å². The van der Waals surface area contributed by atoms with Crippen LogP contribution in [0.25, 0.3) is 0 Å². The number of aryl methyl sites for hydroxylation is 1. The third kappa shape index (κ3) is 2.53. The van der Waals surface area contributed by atoms with Gasteiger partial charge >= 0.3 is 0 Å². The molecule has 0 bridgehead atoms. The molecular weight excluding hydrogens is 236 g/mol. The van der Waals surface area contributed by atoms with Crippen LogP contribution in [0.4, 0.5) is 0 Å². The van der Waals surface area contributed by atoms with Gasteiger partial charge in [-0.15, -0.1) is 0 Å². The number of hydrogen-bond acceptors (Lipinski definition) is 4. The molecular formula is C15H24N4. The first kappa shape index (κ1) is 13.0. The molecule has 1 aromatic heterocycles. The van der Waals surface area contributed by atoms with Crippen molar-refractivity contribution in [3.05, 3.63) is 29.6 Å². The molecule has 0 spiro atoms. The molecule has 2 aliphatic heterocycles. The van der Waals surface area contributed by atoms with Crippen LogP contribution in [0, 0.1) is 6.92 Å². The van der Waals surface area contributed by atoms with Crippen LogP contribution in [0.2, 0.25) is 0 Å². The maximum atomic E-state index is 6.06. The predicted octanol–water partition coefficient (Wildman–Crippen LogP) is 1.17. The monoisotopic (exact) mass is 260 g/mol. The molecule has 2 saturated heterocycles. The Morgan fingerprint density at radius 3 is 3.11 bits per heavy atom. The van der Waals surface area contributed by atoms with E-state index in [2.05, 4.69) is 27.8 Å². The molecule has 3 heterocycles. The minimum absolute atomic E-state index is 0.330. The van der Waals surface area contributed by atoms with Crippen LogP contribution in [-0.4, -0.2) is 53.5 Å². The number of pyridine rings is 1. The third-order valence-corrected chi connectivity index (χ3v) is 4.72. The Labute approximate surface area is 115 Å². The summed E-state index contributed by atoms with van der Waals surface area (Å²) >= 11 is 0.